The highest BCUT2D eigenvalue weighted by molar-refractivity contribution is 5.83. The van der Waals surface area contributed by atoms with Gasteiger partial charge in [0, 0.05) is 18.6 Å². The van der Waals surface area contributed by atoms with Crippen LogP contribution in [0.2, 0.25) is 0 Å². The Morgan fingerprint density at radius 3 is 2.06 bits per heavy atom. The predicted octanol–water partition coefficient (Wildman–Crippen LogP) is 4.99. The lowest BCUT2D eigenvalue weighted by Crippen LogP contribution is -2.49. The fraction of sp³-hybridized carbons (Fsp3) is 0.652. The summed E-state index contributed by atoms with van der Waals surface area (Å²) in [5.74, 6) is -1.72. The summed E-state index contributed by atoms with van der Waals surface area (Å²) in [6, 6.07) is 1.34. The molecule has 0 radical (unpaired) electrons. The quantitative estimate of drug-likeness (QED) is 0.467. The van der Waals surface area contributed by atoms with Gasteiger partial charge in [-0.1, -0.05) is 13.8 Å². The average molecular weight is 494 g/mol. The Morgan fingerprint density at radius 1 is 1.03 bits per heavy atom. The third-order valence-electron chi connectivity index (χ3n) is 7.17. The summed E-state index contributed by atoms with van der Waals surface area (Å²) in [5, 5.41) is 15.0. The maximum Gasteiger partial charge on any atom is 0.416 e. The van der Waals surface area contributed by atoms with Crippen molar-refractivity contribution in [2.75, 3.05) is 0 Å². The molecule has 2 aliphatic rings. The lowest BCUT2D eigenvalue weighted by atomic mass is 9.74. The number of hydrogen-bond donors (Lipinski definition) is 3. The Hall–Kier alpha value is -2.30. The highest BCUT2D eigenvalue weighted by Crippen LogP contribution is 2.45. The summed E-state index contributed by atoms with van der Waals surface area (Å²) >= 11 is 0. The minimum atomic E-state index is -4.95. The van der Waals surface area contributed by atoms with E-state index in [2.05, 4.69) is 10.6 Å². The van der Waals surface area contributed by atoms with Gasteiger partial charge in [0.2, 0.25) is 5.91 Å². The standard InChI is InChI=1S/C23H28F6N2O3/c1-12(2)21(4-3-17(10-21)31-18-7-14(8-18)19(32)33)20(34)30-11-13-5-15(22(24,25)26)9-16(6-13)23(27,28)29/h5-6,9,12,14,17-18,31H,3-4,7-8,10-11H2,1-2H3,(H,30,34)(H,32,33)/t14?,17-,18?,21+/m1/s1. The van der Waals surface area contributed by atoms with Crippen molar-refractivity contribution in [2.45, 2.75) is 76.9 Å². The van der Waals surface area contributed by atoms with Gasteiger partial charge in [0.25, 0.3) is 0 Å². The van der Waals surface area contributed by atoms with Gasteiger partial charge < -0.3 is 15.7 Å². The molecule has 3 rings (SSSR count). The maximum absolute atomic E-state index is 13.1. The molecule has 11 heteroatoms. The van der Waals surface area contributed by atoms with Gasteiger partial charge in [-0.3, -0.25) is 9.59 Å². The molecule has 0 aromatic heterocycles. The van der Waals surface area contributed by atoms with Crippen molar-refractivity contribution in [3.05, 3.63) is 34.9 Å². The summed E-state index contributed by atoms with van der Waals surface area (Å²) in [4.78, 5) is 24.1. The highest BCUT2D eigenvalue weighted by atomic mass is 19.4. The molecule has 1 amide bonds. The fourth-order valence-corrected chi connectivity index (χ4v) is 4.98. The zero-order valence-corrected chi connectivity index (χ0v) is 18.8. The minimum absolute atomic E-state index is 0.0155. The van der Waals surface area contributed by atoms with Crippen molar-refractivity contribution in [1.29, 1.82) is 0 Å². The monoisotopic (exact) mass is 494 g/mol. The minimum Gasteiger partial charge on any atom is -0.481 e. The van der Waals surface area contributed by atoms with E-state index in [1.807, 2.05) is 13.8 Å². The molecule has 2 fully saturated rings. The van der Waals surface area contributed by atoms with Crippen LogP contribution in [-0.4, -0.2) is 29.1 Å². The van der Waals surface area contributed by atoms with Crippen molar-refractivity contribution < 1.29 is 41.0 Å². The molecule has 0 spiro atoms. The maximum atomic E-state index is 13.1. The highest BCUT2D eigenvalue weighted by Gasteiger charge is 2.48. The van der Waals surface area contributed by atoms with Crippen LogP contribution in [0.15, 0.2) is 18.2 Å². The van der Waals surface area contributed by atoms with Crippen LogP contribution in [0.3, 0.4) is 0 Å². The van der Waals surface area contributed by atoms with E-state index in [-0.39, 0.29) is 35.5 Å². The number of carboxylic acid groups (broad SMARTS) is 1. The smallest absolute Gasteiger partial charge is 0.416 e. The van der Waals surface area contributed by atoms with Gasteiger partial charge in [0.15, 0.2) is 0 Å². The zero-order valence-electron chi connectivity index (χ0n) is 18.8. The molecule has 0 unspecified atom stereocenters. The number of carboxylic acids is 1. The Bertz CT molecular complexity index is 892. The van der Waals surface area contributed by atoms with Crippen molar-refractivity contribution in [2.24, 2.45) is 17.3 Å². The van der Waals surface area contributed by atoms with E-state index < -0.39 is 47.3 Å². The first kappa shape index (κ1) is 26.3. The molecule has 3 N–H and O–H groups in total. The van der Waals surface area contributed by atoms with E-state index in [0.717, 1.165) is 0 Å². The van der Waals surface area contributed by atoms with Gasteiger partial charge in [-0.15, -0.1) is 0 Å². The number of alkyl halides is 6. The number of hydrogen-bond acceptors (Lipinski definition) is 3. The van der Waals surface area contributed by atoms with Crippen molar-refractivity contribution in [3.63, 3.8) is 0 Å². The molecule has 1 aromatic rings. The normalized spacial score (nSPS) is 27.5. The second kappa shape index (κ2) is 9.39. The van der Waals surface area contributed by atoms with Crippen LogP contribution >= 0.6 is 0 Å². The first-order chi connectivity index (χ1) is 15.6. The predicted molar refractivity (Wildman–Crippen MR) is 110 cm³/mol. The van der Waals surface area contributed by atoms with Crippen molar-refractivity contribution in [3.8, 4) is 0 Å². The summed E-state index contributed by atoms with van der Waals surface area (Å²) in [5.41, 5.74) is -3.94. The molecule has 2 aliphatic carbocycles. The topological polar surface area (TPSA) is 78.4 Å². The third kappa shape index (κ3) is 5.67. The number of carbonyl (C=O) groups is 2. The van der Waals surface area contributed by atoms with Crippen molar-refractivity contribution in [1.82, 2.24) is 10.6 Å². The summed E-state index contributed by atoms with van der Waals surface area (Å²) in [7, 11) is 0. The molecular formula is C23H28F6N2O3. The number of carbonyl (C=O) groups excluding carboxylic acids is 1. The average Bonchev–Trinajstić information content (AvgIpc) is 3.12. The second-order valence-electron chi connectivity index (χ2n) is 9.72. The number of aliphatic carboxylic acids is 1. The van der Waals surface area contributed by atoms with Crippen LogP contribution < -0.4 is 10.6 Å². The molecular weight excluding hydrogens is 466 g/mol. The van der Waals surface area contributed by atoms with Crippen LogP contribution in [0.4, 0.5) is 26.3 Å². The van der Waals surface area contributed by atoms with Crippen molar-refractivity contribution >= 4 is 11.9 Å². The number of rotatable bonds is 7. The molecule has 1 aromatic carbocycles. The molecule has 0 bridgehead atoms. The summed E-state index contributed by atoms with van der Waals surface area (Å²) in [6.45, 7) is 3.26. The first-order valence-corrected chi connectivity index (χ1v) is 11.2. The van der Waals surface area contributed by atoms with E-state index in [9.17, 15) is 35.9 Å². The molecule has 0 saturated heterocycles. The van der Waals surface area contributed by atoms with E-state index in [1.165, 1.54) is 0 Å². The number of nitrogens with one attached hydrogen (secondary N) is 2. The van der Waals surface area contributed by atoms with Crippen LogP contribution in [0.25, 0.3) is 0 Å². The second-order valence-corrected chi connectivity index (χ2v) is 9.72. The summed E-state index contributed by atoms with van der Waals surface area (Å²) in [6.07, 6.45) is -7.23. The Balaban J connectivity index is 1.68. The van der Waals surface area contributed by atoms with Crippen LogP contribution in [0.5, 0.6) is 0 Å². The molecule has 2 saturated carbocycles. The van der Waals surface area contributed by atoms with Gasteiger partial charge in [-0.2, -0.15) is 26.3 Å². The van der Waals surface area contributed by atoms with Crippen LogP contribution in [0, 0.1) is 17.3 Å². The Labute approximate surface area is 193 Å². The van der Waals surface area contributed by atoms with Gasteiger partial charge in [0.1, 0.15) is 0 Å². The molecule has 2 atom stereocenters. The summed E-state index contributed by atoms with van der Waals surface area (Å²) < 4.78 is 78.6. The van der Waals surface area contributed by atoms with Gasteiger partial charge in [-0.05, 0) is 61.8 Å². The van der Waals surface area contributed by atoms with Gasteiger partial charge in [-0.25, -0.2) is 0 Å². The van der Waals surface area contributed by atoms with Crippen LogP contribution in [0.1, 0.15) is 62.6 Å². The lowest BCUT2D eigenvalue weighted by Gasteiger charge is -2.36. The molecule has 34 heavy (non-hydrogen) atoms. The Morgan fingerprint density at radius 2 is 1.59 bits per heavy atom. The number of amides is 1. The Kier molecular flexibility index (Phi) is 7.27. The molecule has 0 aliphatic heterocycles. The van der Waals surface area contributed by atoms with E-state index in [1.54, 1.807) is 0 Å². The SMILES string of the molecule is CC(C)[C@]1(C(=O)NCc2cc(C(F)(F)F)cc(C(F)(F)F)c2)CC[C@@H](NC2CC(C(=O)O)C2)C1. The van der Waals surface area contributed by atoms with Crippen LogP contribution in [-0.2, 0) is 28.5 Å². The van der Waals surface area contributed by atoms with E-state index in [4.69, 9.17) is 5.11 Å². The molecule has 0 heterocycles. The first-order valence-electron chi connectivity index (χ1n) is 11.2. The number of benzene rings is 1. The van der Waals surface area contributed by atoms with Gasteiger partial charge in [0.05, 0.1) is 22.5 Å². The van der Waals surface area contributed by atoms with E-state index in [0.29, 0.717) is 44.2 Å². The molecule has 5 nitrogen and oxygen atoms in total. The largest absolute Gasteiger partial charge is 0.481 e. The number of halogens is 6. The lowest BCUT2D eigenvalue weighted by molar-refractivity contribution is -0.146. The third-order valence-corrected chi connectivity index (χ3v) is 7.17. The fourth-order valence-electron chi connectivity index (χ4n) is 4.98. The van der Waals surface area contributed by atoms with E-state index >= 15 is 0 Å². The zero-order chi connectivity index (χ0) is 25.5. The molecule has 190 valence electrons. The van der Waals surface area contributed by atoms with Gasteiger partial charge >= 0.3 is 18.3 Å².